The van der Waals surface area contributed by atoms with Crippen molar-refractivity contribution in [2.24, 2.45) is 0 Å². The van der Waals surface area contributed by atoms with Crippen LogP contribution in [0.15, 0.2) is 12.1 Å². The van der Waals surface area contributed by atoms with Crippen LogP contribution in [0.5, 0.6) is 5.75 Å². The molecule has 4 heteroatoms. The number of ether oxygens (including phenoxy) is 2. The zero-order chi connectivity index (χ0) is 15.3. The molecule has 4 nitrogen and oxygen atoms in total. The Kier molecular flexibility index (Phi) is 6.02. The average Bonchev–Trinajstić information content (AvgIpc) is 2.44. The van der Waals surface area contributed by atoms with Crippen LogP contribution in [-0.2, 0) is 16.0 Å². The third-order valence-electron chi connectivity index (χ3n) is 3.25. The summed E-state index contributed by atoms with van der Waals surface area (Å²) in [5, 5.41) is 10.1. The molecule has 1 unspecified atom stereocenters. The van der Waals surface area contributed by atoms with E-state index in [0.29, 0.717) is 5.56 Å². The van der Waals surface area contributed by atoms with Crippen molar-refractivity contribution < 1.29 is 19.4 Å². The zero-order valence-corrected chi connectivity index (χ0v) is 12.9. The first-order valence-electron chi connectivity index (χ1n) is 7.01. The Balaban J connectivity index is 3.28. The van der Waals surface area contributed by atoms with Crippen molar-refractivity contribution in [3.8, 4) is 5.75 Å². The maximum atomic E-state index is 11.7. The van der Waals surface area contributed by atoms with E-state index in [2.05, 4.69) is 13.8 Å². The maximum Gasteiger partial charge on any atom is 0.339 e. The number of methoxy groups -OCH3 is 1. The van der Waals surface area contributed by atoms with Gasteiger partial charge in [0.05, 0.1) is 13.7 Å². The highest BCUT2D eigenvalue weighted by molar-refractivity contribution is 5.76. The van der Waals surface area contributed by atoms with Crippen LogP contribution in [0.3, 0.4) is 0 Å². The van der Waals surface area contributed by atoms with E-state index < -0.39 is 12.1 Å². The molecular formula is C16H24O4. The van der Waals surface area contributed by atoms with Crippen LogP contribution in [0.4, 0.5) is 0 Å². The molecule has 1 atom stereocenters. The maximum absolute atomic E-state index is 11.7. The van der Waals surface area contributed by atoms with Crippen molar-refractivity contribution in [2.45, 2.75) is 46.1 Å². The Labute approximate surface area is 120 Å². The molecule has 1 rings (SSSR count). The third kappa shape index (κ3) is 3.51. The van der Waals surface area contributed by atoms with Gasteiger partial charge in [-0.25, -0.2) is 4.79 Å². The van der Waals surface area contributed by atoms with Crippen LogP contribution in [0.1, 0.15) is 56.4 Å². The molecule has 0 aliphatic heterocycles. The van der Waals surface area contributed by atoms with Gasteiger partial charge >= 0.3 is 5.97 Å². The first-order chi connectivity index (χ1) is 9.46. The fourth-order valence-electron chi connectivity index (χ4n) is 2.19. The molecule has 1 N–H and O–H groups in total. The summed E-state index contributed by atoms with van der Waals surface area (Å²) in [7, 11) is 1.64. The summed E-state index contributed by atoms with van der Waals surface area (Å²) in [6.07, 6.45) is -0.476. The molecule has 0 spiro atoms. The number of esters is 1. The molecule has 0 bridgehead atoms. The lowest BCUT2D eigenvalue weighted by Gasteiger charge is -2.19. The number of aliphatic hydroxyl groups excluding tert-OH is 1. The van der Waals surface area contributed by atoms with E-state index in [1.165, 1.54) is 0 Å². The number of carbonyl (C=O) groups excluding carboxylic acids is 1. The molecule has 1 aromatic rings. The van der Waals surface area contributed by atoms with E-state index in [1.807, 2.05) is 19.1 Å². The minimum absolute atomic E-state index is 0.240. The van der Waals surface area contributed by atoms with E-state index in [4.69, 9.17) is 9.47 Å². The van der Waals surface area contributed by atoms with E-state index in [-0.39, 0.29) is 12.5 Å². The van der Waals surface area contributed by atoms with Gasteiger partial charge in [-0.2, -0.15) is 0 Å². The molecule has 20 heavy (non-hydrogen) atoms. The van der Waals surface area contributed by atoms with Gasteiger partial charge in [-0.15, -0.1) is 0 Å². The molecule has 0 saturated carbocycles. The van der Waals surface area contributed by atoms with Crippen molar-refractivity contribution in [1.29, 1.82) is 0 Å². The number of aryl methyl sites for hydroxylation is 1. The second kappa shape index (κ2) is 7.29. The van der Waals surface area contributed by atoms with Crippen molar-refractivity contribution in [2.75, 3.05) is 13.7 Å². The molecule has 0 saturated heterocycles. The fraction of sp³-hybridized carbons (Fsp3) is 0.562. The number of carbonyl (C=O) groups is 1. The quantitative estimate of drug-likeness (QED) is 0.814. The topological polar surface area (TPSA) is 55.8 Å². The molecule has 0 aromatic heterocycles. The fourth-order valence-corrected chi connectivity index (χ4v) is 2.19. The summed E-state index contributed by atoms with van der Waals surface area (Å²) >= 11 is 0. The summed E-state index contributed by atoms with van der Waals surface area (Å²) < 4.78 is 10.3. The van der Waals surface area contributed by atoms with Crippen molar-refractivity contribution >= 4 is 5.97 Å². The minimum Gasteiger partial charge on any atom is -0.496 e. The number of hydrogen-bond acceptors (Lipinski definition) is 4. The lowest BCUT2D eigenvalue weighted by atomic mass is 9.93. The Morgan fingerprint density at radius 1 is 1.30 bits per heavy atom. The highest BCUT2D eigenvalue weighted by Crippen LogP contribution is 2.34. The molecule has 0 radical (unpaired) electrons. The molecule has 0 amide bonds. The van der Waals surface area contributed by atoms with Crippen molar-refractivity contribution in [3.05, 3.63) is 28.8 Å². The number of hydrogen-bond donors (Lipinski definition) is 1. The lowest BCUT2D eigenvalue weighted by Crippen LogP contribution is -2.16. The normalized spacial score (nSPS) is 12.3. The molecule has 0 aliphatic rings. The monoisotopic (exact) mass is 280 g/mol. The van der Waals surface area contributed by atoms with Gasteiger partial charge in [0.1, 0.15) is 5.75 Å². The van der Waals surface area contributed by atoms with Crippen LogP contribution in [0, 0.1) is 0 Å². The molecule has 0 heterocycles. The summed E-state index contributed by atoms with van der Waals surface area (Å²) in [5.74, 6) is 0.460. The Hall–Kier alpha value is -1.55. The Morgan fingerprint density at radius 2 is 1.95 bits per heavy atom. The van der Waals surface area contributed by atoms with Gasteiger partial charge < -0.3 is 14.6 Å². The molecular weight excluding hydrogens is 256 g/mol. The SMILES string of the molecule is CCOC(=O)C(O)c1cc(CC)c(OC)c(C(C)C)c1. The first-order valence-corrected chi connectivity index (χ1v) is 7.01. The first kappa shape index (κ1) is 16.5. The second-order valence-corrected chi connectivity index (χ2v) is 4.97. The highest BCUT2D eigenvalue weighted by Gasteiger charge is 2.22. The standard InChI is InChI=1S/C16H24O4/c1-6-11-8-12(14(17)16(18)20-7-2)9-13(10(3)4)15(11)19-5/h8-10,14,17H,6-7H2,1-5H3. The lowest BCUT2D eigenvalue weighted by molar-refractivity contribution is -0.153. The minimum atomic E-state index is -1.25. The summed E-state index contributed by atoms with van der Waals surface area (Å²) in [6, 6.07) is 3.64. The second-order valence-electron chi connectivity index (χ2n) is 4.97. The summed E-state index contributed by atoms with van der Waals surface area (Å²) in [4.78, 5) is 11.7. The smallest absolute Gasteiger partial charge is 0.339 e. The van der Waals surface area contributed by atoms with Gasteiger partial charge in [0.2, 0.25) is 0 Å². The average molecular weight is 280 g/mol. The van der Waals surface area contributed by atoms with Crippen LogP contribution in [0.25, 0.3) is 0 Å². The van der Waals surface area contributed by atoms with Gasteiger partial charge in [-0.05, 0) is 48.1 Å². The number of aliphatic hydroxyl groups is 1. The number of benzene rings is 1. The predicted octanol–water partition coefficient (Wildman–Crippen LogP) is 2.98. The van der Waals surface area contributed by atoms with Crippen LogP contribution >= 0.6 is 0 Å². The van der Waals surface area contributed by atoms with E-state index in [1.54, 1.807) is 14.0 Å². The van der Waals surface area contributed by atoms with Gasteiger partial charge in [-0.3, -0.25) is 0 Å². The zero-order valence-electron chi connectivity index (χ0n) is 12.9. The molecule has 0 fully saturated rings. The molecule has 112 valence electrons. The highest BCUT2D eigenvalue weighted by atomic mass is 16.5. The van der Waals surface area contributed by atoms with Gasteiger partial charge in [0.15, 0.2) is 6.10 Å². The van der Waals surface area contributed by atoms with Crippen LogP contribution < -0.4 is 4.74 Å². The predicted molar refractivity (Wildman–Crippen MR) is 78.1 cm³/mol. The van der Waals surface area contributed by atoms with E-state index >= 15 is 0 Å². The van der Waals surface area contributed by atoms with Gasteiger partial charge in [0.25, 0.3) is 0 Å². The summed E-state index contributed by atoms with van der Waals surface area (Å²) in [6.45, 7) is 8.09. The van der Waals surface area contributed by atoms with E-state index in [0.717, 1.165) is 23.3 Å². The number of rotatable bonds is 6. The van der Waals surface area contributed by atoms with Crippen molar-refractivity contribution in [3.63, 3.8) is 0 Å². The van der Waals surface area contributed by atoms with Gasteiger partial charge in [-0.1, -0.05) is 20.8 Å². The third-order valence-corrected chi connectivity index (χ3v) is 3.25. The van der Waals surface area contributed by atoms with Crippen LogP contribution in [0.2, 0.25) is 0 Å². The van der Waals surface area contributed by atoms with Crippen LogP contribution in [-0.4, -0.2) is 24.8 Å². The Bertz CT molecular complexity index is 466. The molecule has 1 aromatic carbocycles. The molecule has 0 aliphatic carbocycles. The Morgan fingerprint density at radius 3 is 2.40 bits per heavy atom. The van der Waals surface area contributed by atoms with Crippen molar-refractivity contribution in [1.82, 2.24) is 0 Å². The largest absolute Gasteiger partial charge is 0.496 e. The van der Waals surface area contributed by atoms with E-state index in [9.17, 15) is 9.90 Å². The van der Waals surface area contributed by atoms with Gasteiger partial charge in [0, 0.05) is 0 Å². The summed E-state index contributed by atoms with van der Waals surface area (Å²) in [5.41, 5.74) is 2.53.